The van der Waals surface area contributed by atoms with Crippen molar-refractivity contribution in [2.24, 2.45) is 0 Å². The van der Waals surface area contributed by atoms with Crippen molar-refractivity contribution in [3.8, 4) is 5.75 Å². The van der Waals surface area contributed by atoms with Crippen LogP contribution in [0.3, 0.4) is 0 Å². The molecular formula is C17H26FN3O2. The Morgan fingerprint density at radius 3 is 2.52 bits per heavy atom. The number of para-hydroxylation sites is 1. The van der Waals surface area contributed by atoms with Gasteiger partial charge in [0.25, 0.3) is 0 Å². The highest BCUT2D eigenvalue weighted by Gasteiger charge is 2.19. The van der Waals surface area contributed by atoms with Gasteiger partial charge in [0.2, 0.25) is 5.91 Å². The summed E-state index contributed by atoms with van der Waals surface area (Å²) in [6.07, 6.45) is 0. The molecule has 0 bridgehead atoms. The molecule has 1 aromatic rings. The molecular weight excluding hydrogens is 297 g/mol. The van der Waals surface area contributed by atoms with Crippen molar-refractivity contribution in [3.05, 3.63) is 30.1 Å². The number of piperazine rings is 1. The van der Waals surface area contributed by atoms with Crippen LogP contribution in [0.1, 0.15) is 6.92 Å². The third kappa shape index (κ3) is 5.48. The summed E-state index contributed by atoms with van der Waals surface area (Å²) < 4.78 is 18.8. The molecule has 0 aliphatic carbocycles. The molecule has 0 N–H and O–H groups in total. The average molecular weight is 323 g/mol. The maximum atomic E-state index is 13.4. The van der Waals surface area contributed by atoms with Crippen molar-refractivity contribution in [2.75, 3.05) is 59.5 Å². The molecule has 5 nitrogen and oxygen atoms in total. The van der Waals surface area contributed by atoms with Gasteiger partial charge >= 0.3 is 0 Å². The average Bonchev–Trinajstić information content (AvgIpc) is 2.57. The van der Waals surface area contributed by atoms with E-state index in [0.29, 0.717) is 13.1 Å². The Morgan fingerprint density at radius 1 is 1.22 bits per heavy atom. The highest BCUT2D eigenvalue weighted by atomic mass is 19.1. The summed E-state index contributed by atoms with van der Waals surface area (Å²) >= 11 is 0. The molecule has 0 saturated carbocycles. The number of halogens is 1. The number of hydrogen-bond donors (Lipinski definition) is 0. The van der Waals surface area contributed by atoms with E-state index in [4.69, 9.17) is 4.74 Å². The number of benzene rings is 1. The Morgan fingerprint density at radius 2 is 1.87 bits per heavy atom. The SMILES string of the molecule is CCN1CCN(CC(=O)N(C)CCOc2ccccc2F)CC1. The number of ether oxygens (including phenoxy) is 1. The lowest BCUT2D eigenvalue weighted by atomic mass is 10.3. The molecule has 1 heterocycles. The molecule has 0 unspecified atom stereocenters. The lowest BCUT2D eigenvalue weighted by Crippen LogP contribution is -2.49. The number of likely N-dealkylation sites (N-methyl/N-ethyl adjacent to an activating group) is 2. The van der Waals surface area contributed by atoms with Crippen LogP contribution in [0.25, 0.3) is 0 Å². The van der Waals surface area contributed by atoms with E-state index in [1.807, 2.05) is 0 Å². The van der Waals surface area contributed by atoms with E-state index in [0.717, 1.165) is 32.7 Å². The largest absolute Gasteiger partial charge is 0.489 e. The standard InChI is InChI=1S/C17H26FN3O2/c1-3-20-8-10-21(11-9-20)14-17(22)19(2)12-13-23-16-7-5-4-6-15(16)18/h4-7H,3,8-14H2,1-2H3. The highest BCUT2D eigenvalue weighted by Crippen LogP contribution is 2.15. The molecule has 6 heteroatoms. The van der Waals surface area contributed by atoms with Gasteiger partial charge in [-0.2, -0.15) is 0 Å². The zero-order valence-electron chi connectivity index (χ0n) is 14.0. The Kier molecular flexibility index (Phi) is 6.80. The first kappa shape index (κ1) is 17.7. The summed E-state index contributed by atoms with van der Waals surface area (Å²) in [6.45, 7) is 8.29. The van der Waals surface area contributed by atoms with Gasteiger partial charge in [-0.3, -0.25) is 9.69 Å². The molecule has 0 radical (unpaired) electrons. The first-order valence-corrected chi connectivity index (χ1v) is 8.16. The van der Waals surface area contributed by atoms with E-state index >= 15 is 0 Å². The number of carbonyl (C=O) groups is 1. The molecule has 0 spiro atoms. The van der Waals surface area contributed by atoms with E-state index < -0.39 is 0 Å². The number of nitrogens with zero attached hydrogens (tertiary/aromatic N) is 3. The fraction of sp³-hybridized carbons (Fsp3) is 0.588. The molecule has 1 aliphatic heterocycles. The lowest BCUT2D eigenvalue weighted by molar-refractivity contribution is -0.131. The van der Waals surface area contributed by atoms with Crippen molar-refractivity contribution in [1.82, 2.24) is 14.7 Å². The highest BCUT2D eigenvalue weighted by molar-refractivity contribution is 5.78. The second-order valence-corrected chi connectivity index (χ2v) is 5.80. The van der Waals surface area contributed by atoms with E-state index in [1.54, 1.807) is 30.1 Å². The quantitative estimate of drug-likeness (QED) is 0.758. The van der Waals surface area contributed by atoms with Gasteiger partial charge in [-0.05, 0) is 18.7 Å². The van der Waals surface area contributed by atoms with E-state index in [9.17, 15) is 9.18 Å². The summed E-state index contributed by atoms with van der Waals surface area (Å²) in [4.78, 5) is 18.4. The van der Waals surface area contributed by atoms with Crippen molar-refractivity contribution in [2.45, 2.75) is 6.92 Å². The predicted molar refractivity (Wildman–Crippen MR) is 88.1 cm³/mol. The maximum Gasteiger partial charge on any atom is 0.236 e. The molecule has 1 fully saturated rings. The first-order valence-electron chi connectivity index (χ1n) is 8.16. The van der Waals surface area contributed by atoms with Crippen LogP contribution in [0.5, 0.6) is 5.75 Å². The molecule has 128 valence electrons. The second kappa shape index (κ2) is 8.84. The normalized spacial score (nSPS) is 16.3. The number of amides is 1. The van der Waals surface area contributed by atoms with E-state index in [2.05, 4.69) is 16.7 Å². The fourth-order valence-corrected chi connectivity index (χ4v) is 2.55. The Bertz CT molecular complexity index is 504. The third-order valence-corrected chi connectivity index (χ3v) is 4.22. The minimum absolute atomic E-state index is 0.0760. The Hall–Kier alpha value is -1.66. The summed E-state index contributed by atoms with van der Waals surface area (Å²) in [7, 11) is 1.76. The molecule has 1 aromatic carbocycles. The van der Waals surface area contributed by atoms with E-state index in [1.165, 1.54) is 6.07 Å². The monoisotopic (exact) mass is 323 g/mol. The smallest absolute Gasteiger partial charge is 0.236 e. The summed E-state index contributed by atoms with van der Waals surface area (Å²) in [5.74, 6) is -0.0774. The molecule has 23 heavy (non-hydrogen) atoms. The van der Waals surface area contributed by atoms with Gasteiger partial charge in [0.05, 0.1) is 13.1 Å². The van der Waals surface area contributed by atoms with Gasteiger partial charge in [0, 0.05) is 33.2 Å². The van der Waals surface area contributed by atoms with Crippen LogP contribution >= 0.6 is 0 Å². The van der Waals surface area contributed by atoms with Crippen LogP contribution < -0.4 is 4.74 Å². The fourth-order valence-electron chi connectivity index (χ4n) is 2.55. The minimum Gasteiger partial charge on any atom is -0.489 e. The lowest BCUT2D eigenvalue weighted by Gasteiger charge is -2.34. The van der Waals surface area contributed by atoms with Gasteiger partial charge in [-0.15, -0.1) is 0 Å². The van der Waals surface area contributed by atoms with Gasteiger partial charge in [0.15, 0.2) is 11.6 Å². The Balaban J connectivity index is 1.68. The topological polar surface area (TPSA) is 36.0 Å². The molecule has 2 rings (SSSR count). The molecule has 0 aromatic heterocycles. The second-order valence-electron chi connectivity index (χ2n) is 5.80. The van der Waals surface area contributed by atoms with Gasteiger partial charge in [-0.1, -0.05) is 19.1 Å². The third-order valence-electron chi connectivity index (χ3n) is 4.22. The first-order chi connectivity index (χ1) is 11.1. The van der Waals surface area contributed by atoms with Crippen molar-refractivity contribution in [1.29, 1.82) is 0 Å². The van der Waals surface area contributed by atoms with Crippen LogP contribution in [0, 0.1) is 5.82 Å². The van der Waals surface area contributed by atoms with Crippen LogP contribution in [0.4, 0.5) is 4.39 Å². The number of rotatable bonds is 7. The molecule has 1 saturated heterocycles. The summed E-state index contributed by atoms with van der Waals surface area (Å²) in [6, 6.07) is 6.30. The zero-order valence-corrected chi connectivity index (χ0v) is 14.0. The summed E-state index contributed by atoms with van der Waals surface area (Å²) in [5.41, 5.74) is 0. The molecule has 1 aliphatic rings. The predicted octanol–water partition coefficient (Wildman–Crippen LogP) is 1.30. The van der Waals surface area contributed by atoms with Crippen LogP contribution in [-0.2, 0) is 4.79 Å². The van der Waals surface area contributed by atoms with E-state index in [-0.39, 0.29) is 24.1 Å². The zero-order chi connectivity index (χ0) is 16.7. The van der Waals surface area contributed by atoms with Gasteiger partial charge in [-0.25, -0.2) is 4.39 Å². The van der Waals surface area contributed by atoms with Crippen molar-refractivity contribution in [3.63, 3.8) is 0 Å². The van der Waals surface area contributed by atoms with Gasteiger partial charge < -0.3 is 14.5 Å². The molecule has 0 atom stereocenters. The molecule has 1 amide bonds. The summed E-state index contributed by atoms with van der Waals surface area (Å²) in [5, 5.41) is 0. The minimum atomic E-state index is -0.379. The van der Waals surface area contributed by atoms with Crippen LogP contribution in [-0.4, -0.2) is 80.1 Å². The maximum absolute atomic E-state index is 13.4. The van der Waals surface area contributed by atoms with Crippen molar-refractivity contribution >= 4 is 5.91 Å². The van der Waals surface area contributed by atoms with Crippen LogP contribution in [0.15, 0.2) is 24.3 Å². The number of carbonyl (C=O) groups excluding carboxylic acids is 1. The van der Waals surface area contributed by atoms with Crippen LogP contribution in [0.2, 0.25) is 0 Å². The number of hydrogen-bond acceptors (Lipinski definition) is 4. The Labute approximate surface area is 137 Å². The van der Waals surface area contributed by atoms with Crippen molar-refractivity contribution < 1.29 is 13.9 Å². The van der Waals surface area contributed by atoms with Gasteiger partial charge in [0.1, 0.15) is 6.61 Å².